The first-order valence-electron chi connectivity index (χ1n) is 4.66. The second kappa shape index (κ2) is 6.31. The summed E-state index contributed by atoms with van der Waals surface area (Å²) in [5.41, 5.74) is 2.70. The molecule has 0 bridgehead atoms. The van der Waals surface area contributed by atoms with Gasteiger partial charge in [0.1, 0.15) is 0 Å². The van der Waals surface area contributed by atoms with Gasteiger partial charge in [-0.15, -0.1) is 17.9 Å². The summed E-state index contributed by atoms with van der Waals surface area (Å²) >= 11 is 1.54. The molecule has 0 aliphatic carbocycles. The number of carbonyl (C=O) groups excluding carboxylic acids is 1. The Kier molecular flexibility index (Phi) is 5.00. The van der Waals surface area contributed by atoms with E-state index in [1.54, 1.807) is 23.5 Å². The first-order chi connectivity index (χ1) is 7.24. The normalized spacial score (nSPS) is 9.93. The van der Waals surface area contributed by atoms with E-state index in [4.69, 9.17) is 0 Å². The maximum absolute atomic E-state index is 11.5. The zero-order valence-corrected chi connectivity index (χ0v) is 9.59. The van der Waals surface area contributed by atoms with Crippen LogP contribution in [0.1, 0.15) is 5.69 Å². The average molecular weight is 225 g/mol. The van der Waals surface area contributed by atoms with Crippen molar-refractivity contribution in [1.82, 2.24) is 15.2 Å². The second-order valence-electron chi connectivity index (χ2n) is 3.15. The summed E-state index contributed by atoms with van der Waals surface area (Å²) in [6.45, 7) is 5.12. The van der Waals surface area contributed by atoms with Crippen LogP contribution < -0.4 is 5.32 Å². The van der Waals surface area contributed by atoms with Crippen molar-refractivity contribution in [2.24, 2.45) is 0 Å². The van der Waals surface area contributed by atoms with E-state index in [1.807, 2.05) is 5.38 Å². The number of likely N-dealkylation sites (N-methyl/N-ethyl adjacent to an activating group) is 1. The maximum atomic E-state index is 11.5. The number of rotatable bonds is 6. The molecule has 0 aliphatic rings. The van der Waals surface area contributed by atoms with Crippen molar-refractivity contribution >= 4 is 17.2 Å². The predicted molar refractivity (Wildman–Crippen MR) is 61.7 cm³/mol. The lowest BCUT2D eigenvalue weighted by atomic mass is 10.4. The van der Waals surface area contributed by atoms with E-state index in [0.29, 0.717) is 19.6 Å². The van der Waals surface area contributed by atoms with Crippen LogP contribution in [-0.2, 0) is 11.3 Å². The Hall–Kier alpha value is -1.20. The smallest absolute Gasteiger partial charge is 0.236 e. The molecule has 0 unspecified atom stereocenters. The largest absolute Gasteiger partial charge is 0.339 e. The fourth-order valence-electron chi connectivity index (χ4n) is 1.06. The number of hydrogen-bond donors (Lipinski definition) is 1. The number of aromatic nitrogens is 1. The lowest BCUT2D eigenvalue weighted by molar-refractivity contribution is -0.129. The van der Waals surface area contributed by atoms with E-state index in [-0.39, 0.29) is 5.91 Å². The molecule has 0 radical (unpaired) electrons. The van der Waals surface area contributed by atoms with Crippen LogP contribution in [0.25, 0.3) is 0 Å². The Morgan fingerprint density at radius 3 is 3.20 bits per heavy atom. The third-order valence-corrected chi connectivity index (χ3v) is 2.51. The molecule has 5 heteroatoms. The van der Waals surface area contributed by atoms with Gasteiger partial charge in [0.05, 0.1) is 24.3 Å². The van der Waals surface area contributed by atoms with E-state index >= 15 is 0 Å². The fourth-order valence-corrected chi connectivity index (χ4v) is 1.61. The molecule has 0 saturated carbocycles. The quantitative estimate of drug-likeness (QED) is 0.577. The number of carbonyl (C=O) groups is 1. The summed E-state index contributed by atoms with van der Waals surface area (Å²) in [5.74, 6) is 0.0600. The van der Waals surface area contributed by atoms with Gasteiger partial charge in [-0.05, 0) is 0 Å². The molecule has 1 aromatic heterocycles. The standard InChI is InChI=1S/C10H15N3OS/c1-3-4-11-5-10(14)13(2)6-9-7-15-8-12-9/h3,7-8,11H,1,4-6H2,2H3. The highest BCUT2D eigenvalue weighted by Gasteiger charge is 2.08. The minimum Gasteiger partial charge on any atom is -0.339 e. The molecular formula is C10H15N3OS. The molecule has 15 heavy (non-hydrogen) atoms. The van der Waals surface area contributed by atoms with Crippen LogP contribution in [0.4, 0.5) is 0 Å². The molecule has 0 aromatic carbocycles. The lowest BCUT2D eigenvalue weighted by Gasteiger charge is -2.15. The van der Waals surface area contributed by atoms with Crippen LogP contribution in [0.2, 0.25) is 0 Å². The Balaban J connectivity index is 2.30. The van der Waals surface area contributed by atoms with E-state index < -0.39 is 0 Å². The summed E-state index contributed by atoms with van der Waals surface area (Å²) in [7, 11) is 1.78. The van der Waals surface area contributed by atoms with Crippen molar-refractivity contribution in [3.8, 4) is 0 Å². The summed E-state index contributed by atoms with van der Waals surface area (Å²) in [4.78, 5) is 17.3. The molecule has 1 aromatic rings. The molecular weight excluding hydrogens is 210 g/mol. The molecule has 0 saturated heterocycles. The van der Waals surface area contributed by atoms with E-state index in [9.17, 15) is 4.79 Å². The minimum absolute atomic E-state index is 0.0600. The molecule has 0 aliphatic heterocycles. The van der Waals surface area contributed by atoms with Crippen LogP contribution in [0.3, 0.4) is 0 Å². The van der Waals surface area contributed by atoms with Crippen LogP contribution in [-0.4, -0.2) is 35.9 Å². The SMILES string of the molecule is C=CCNCC(=O)N(C)Cc1cscn1. The summed E-state index contributed by atoms with van der Waals surface area (Å²) < 4.78 is 0. The Labute approximate surface area is 93.6 Å². The first-order valence-corrected chi connectivity index (χ1v) is 5.61. The van der Waals surface area contributed by atoms with Gasteiger partial charge < -0.3 is 10.2 Å². The van der Waals surface area contributed by atoms with Crippen molar-refractivity contribution in [1.29, 1.82) is 0 Å². The van der Waals surface area contributed by atoms with E-state index in [1.165, 1.54) is 11.3 Å². The van der Waals surface area contributed by atoms with Gasteiger partial charge in [-0.3, -0.25) is 4.79 Å². The highest BCUT2D eigenvalue weighted by atomic mass is 32.1. The highest BCUT2D eigenvalue weighted by molar-refractivity contribution is 7.07. The highest BCUT2D eigenvalue weighted by Crippen LogP contribution is 2.03. The average Bonchev–Trinajstić information content (AvgIpc) is 2.70. The van der Waals surface area contributed by atoms with Crippen molar-refractivity contribution in [2.75, 3.05) is 20.1 Å². The molecule has 82 valence electrons. The molecule has 4 nitrogen and oxygen atoms in total. The number of nitrogens with one attached hydrogen (secondary N) is 1. The van der Waals surface area contributed by atoms with E-state index in [2.05, 4.69) is 16.9 Å². The van der Waals surface area contributed by atoms with Gasteiger partial charge >= 0.3 is 0 Å². The van der Waals surface area contributed by atoms with Crippen LogP contribution >= 0.6 is 11.3 Å². The van der Waals surface area contributed by atoms with Gasteiger partial charge in [0.25, 0.3) is 0 Å². The van der Waals surface area contributed by atoms with Crippen molar-refractivity contribution in [3.63, 3.8) is 0 Å². The monoisotopic (exact) mass is 225 g/mol. The maximum Gasteiger partial charge on any atom is 0.236 e. The molecule has 1 amide bonds. The van der Waals surface area contributed by atoms with Gasteiger partial charge in [-0.2, -0.15) is 0 Å². The zero-order chi connectivity index (χ0) is 11.1. The molecule has 0 spiro atoms. The number of thiazole rings is 1. The second-order valence-corrected chi connectivity index (χ2v) is 3.87. The zero-order valence-electron chi connectivity index (χ0n) is 8.77. The van der Waals surface area contributed by atoms with Gasteiger partial charge in [0.2, 0.25) is 5.91 Å². The third-order valence-electron chi connectivity index (χ3n) is 1.87. The predicted octanol–water partition coefficient (Wildman–Crippen LogP) is 0.877. The van der Waals surface area contributed by atoms with E-state index in [0.717, 1.165) is 5.69 Å². The molecule has 0 atom stereocenters. The number of amides is 1. The number of hydrogen-bond acceptors (Lipinski definition) is 4. The van der Waals surface area contributed by atoms with Crippen LogP contribution in [0.5, 0.6) is 0 Å². The van der Waals surface area contributed by atoms with Gasteiger partial charge in [0, 0.05) is 19.0 Å². The molecule has 1 N–H and O–H groups in total. The van der Waals surface area contributed by atoms with Crippen molar-refractivity contribution < 1.29 is 4.79 Å². The lowest BCUT2D eigenvalue weighted by Crippen LogP contribution is -2.35. The van der Waals surface area contributed by atoms with Crippen molar-refractivity contribution in [2.45, 2.75) is 6.54 Å². The van der Waals surface area contributed by atoms with Gasteiger partial charge in [-0.25, -0.2) is 4.98 Å². The molecule has 1 heterocycles. The third kappa shape index (κ3) is 4.22. The minimum atomic E-state index is 0.0600. The summed E-state index contributed by atoms with van der Waals surface area (Å²) in [5, 5.41) is 4.91. The van der Waals surface area contributed by atoms with Crippen LogP contribution in [0, 0.1) is 0 Å². The van der Waals surface area contributed by atoms with Gasteiger partial charge in [0.15, 0.2) is 0 Å². The number of nitrogens with zero attached hydrogens (tertiary/aromatic N) is 2. The Morgan fingerprint density at radius 2 is 2.60 bits per heavy atom. The molecule has 1 rings (SSSR count). The fraction of sp³-hybridized carbons (Fsp3) is 0.400. The summed E-state index contributed by atoms with van der Waals surface area (Å²) in [6, 6.07) is 0. The summed E-state index contributed by atoms with van der Waals surface area (Å²) in [6.07, 6.45) is 1.73. The Morgan fingerprint density at radius 1 is 1.80 bits per heavy atom. The van der Waals surface area contributed by atoms with Crippen molar-refractivity contribution in [3.05, 3.63) is 29.2 Å². The topological polar surface area (TPSA) is 45.2 Å². The molecule has 0 fully saturated rings. The van der Waals surface area contributed by atoms with Crippen LogP contribution in [0.15, 0.2) is 23.5 Å². The first kappa shape index (κ1) is 11.9. The van der Waals surface area contributed by atoms with Gasteiger partial charge in [-0.1, -0.05) is 6.08 Å². The Bertz CT molecular complexity index is 310.